The van der Waals surface area contributed by atoms with Gasteiger partial charge in [0, 0.05) is 38.2 Å². The molecule has 12 heteroatoms. The molecule has 37 heavy (non-hydrogen) atoms. The fraction of sp³-hybridized carbons (Fsp3) is 0.440. The van der Waals surface area contributed by atoms with Crippen molar-refractivity contribution >= 4 is 20.0 Å². The number of hydrogen-bond donors (Lipinski definition) is 1. The number of fused-ring (bicyclic) bond motifs is 1. The van der Waals surface area contributed by atoms with Crippen LogP contribution in [0.5, 0.6) is 5.75 Å². The van der Waals surface area contributed by atoms with Crippen molar-refractivity contribution in [3.63, 3.8) is 0 Å². The van der Waals surface area contributed by atoms with Gasteiger partial charge in [-0.3, -0.25) is 0 Å². The molecule has 202 valence electrons. The molecule has 9 nitrogen and oxygen atoms in total. The Morgan fingerprint density at radius 2 is 1.95 bits per heavy atom. The molecule has 1 aliphatic heterocycles. The largest absolute Gasteiger partial charge is 0.487 e. The summed E-state index contributed by atoms with van der Waals surface area (Å²) in [6, 6.07) is 8.22. The Morgan fingerprint density at radius 1 is 1.27 bits per heavy atom. The summed E-state index contributed by atoms with van der Waals surface area (Å²) in [6.45, 7) is 3.02. The lowest BCUT2D eigenvalue weighted by atomic mass is 10.0. The Labute approximate surface area is 217 Å². The van der Waals surface area contributed by atoms with Crippen LogP contribution in [0.1, 0.15) is 19.4 Å². The summed E-state index contributed by atoms with van der Waals surface area (Å²) >= 11 is 0. The predicted octanol–water partition coefficient (Wildman–Crippen LogP) is 1.91. The SMILES string of the molecule is COCC#Cc1ccc2c(c1)O[C@@H](CN(C)S(=O)(=O)c1ccc(F)cc1)[C@@H](C)CN([C@H](C)CO)S2(=O)=O. The first-order chi connectivity index (χ1) is 17.4. The quantitative estimate of drug-likeness (QED) is 0.520. The minimum absolute atomic E-state index is 0.00595. The molecule has 1 heterocycles. The van der Waals surface area contributed by atoms with Crippen LogP contribution in [-0.2, 0) is 24.8 Å². The first-order valence-electron chi connectivity index (χ1n) is 11.5. The van der Waals surface area contributed by atoms with Crippen LogP contribution in [0.3, 0.4) is 0 Å². The number of ether oxygens (including phenoxy) is 2. The molecule has 0 bridgehead atoms. The second-order valence-electron chi connectivity index (χ2n) is 8.88. The highest BCUT2D eigenvalue weighted by Gasteiger charge is 2.39. The molecule has 2 aromatic rings. The Hall–Kier alpha value is -2.53. The third-order valence-electron chi connectivity index (χ3n) is 6.08. The van der Waals surface area contributed by atoms with Crippen molar-refractivity contribution in [3.05, 3.63) is 53.8 Å². The van der Waals surface area contributed by atoms with Crippen LogP contribution in [-0.4, -0.2) is 83.2 Å². The van der Waals surface area contributed by atoms with Crippen molar-refractivity contribution in [2.24, 2.45) is 5.92 Å². The minimum atomic E-state index is -4.05. The van der Waals surface area contributed by atoms with E-state index in [1.165, 1.54) is 42.7 Å². The highest BCUT2D eigenvalue weighted by Crippen LogP contribution is 2.34. The summed E-state index contributed by atoms with van der Waals surface area (Å²) in [5, 5.41) is 9.76. The van der Waals surface area contributed by atoms with E-state index < -0.39 is 50.5 Å². The number of methoxy groups -OCH3 is 1. The molecule has 2 aromatic carbocycles. The first kappa shape index (κ1) is 29.0. The molecule has 0 aromatic heterocycles. The molecule has 0 amide bonds. The van der Waals surface area contributed by atoms with Crippen LogP contribution in [0.15, 0.2) is 52.3 Å². The molecule has 3 rings (SSSR count). The van der Waals surface area contributed by atoms with Gasteiger partial charge in [0.1, 0.15) is 29.2 Å². The molecule has 0 fully saturated rings. The number of nitrogens with zero attached hydrogens (tertiary/aromatic N) is 2. The average Bonchev–Trinajstić information content (AvgIpc) is 2.86. The average molecular weight is 555 g/mol. The van der Waals surface area contributed by atoms with Crippen LogP contribution in [0.2, 0.25) is 0 Å². The second-order valence-corrected chi connectivity index (χ2v) is 12.8. The molecule has 0 saturated heterocycles. The van der Waals surface area contributed by atoms with Crippen LogP contribution in [0.25, 0.3) is 0 Å². The lowest BCUT2D eigenvalue weighted by Crippen LogP contribution is -2.50. The van der Waals surface area contributed by atoms with Gasteiger partial charge >= 0.3 is 0 Å². The first-order valence-corrected chi connectivity index (χ1v) is 14.4. The zero-order chi connectivity index (χ0) is 27.4. The maximum atomic E-state index is 13.5. The smallest absolute Gasteiger partial charge is 0.247 e. The molecule has 3 atom stereocenters. The summed E-state index contributed by atoms with van der Waals surface area (Å²) in [6.07, 6.45) is -0.759. The number of aliphatic hydroxyl groups is 1. The lowest BCUT2D eigenvalue weighted by molar-refractivity contribution is 0.0904. The van der Waals surface area contributed by atoms with E-state index in [1.54, 1.807) is 19.9 Å². The normalized spacial score (nSPS) is 20.6. The van der Waals surface area contributed by atoms with Gasteiger partial charge in [-0.25, -0.2) is 21.2 Å². The monoisotopic (exact) mass is 554 g/mol. The Kier molecular flexibility index (Phi) is 9.33. The van der Waals surface area contributed by atoms with Crippen LogP contribution in [0.4, 0.5) is 4.39 Å². The molecule has 0 saturated carbocycles. The zero-order valence-electron chi connectivity index (χ0n) is 21.1. The van der Waals surface area contributed by atoms with Gasteiger partial charge in [-0.1, -0.05) is 18.8 Å². The van der Waals surface area contributed by atoms with E-state index in [9.17, 15) is 26.3 Å². The molecule has 0 spiro atoms. The fourth-order valence-corrected chi connectivity index (χ4v) is 6.88. The highest BCUT2D eigenvalue weighted by molar-refractivity contribution is 7.89. The Balaban J connectivity index is 2.04. The van der Waals surface area contributed by atoms with Crippen molar-refractivity contribution in [2.75, 3.05) is 40.5 Å². The van der Waals surface area contributed by atoms with Gasteiger partial charge in [0.2, 0.25) is 20.0 Å². The number of likely N-dealkylation sites (N-methyl/N-ethyl adjacent to an activating group) is 1. The van der Waals surface area contributed by atoms with Crippen molar-refractivity contribution in [1.82, 2.24) is 8.61 Å². The van der Waals surface area contributed by atoms with E-state index in [0.717, 1.165) is 16.4 Å². The van der Waals surface area contributed by atoms with Gasteiger partial charge in [0.25, 0.3) is 0 Å². The number of sulfonamides is 2. The molecule has 0 aliphatic carbocycles. The van der Waals surface area contributed by atoms with Crippen LogP contribution in [0, 0.1) is 23.6 Å². The van der Waals surface area contributed by atoms with Gasteiger partial charge in [0.15, 0.2) is 0 Å². The van der Waals surface area contributed by atoms with Crippen LogP contribution >= 0.6 is 0 Å². The van der Waals surface area contributed by atoms with E-state index in [4.69, 9.17) is 9.47 Å². The predicted molar refractivity (Wildman–Crippen MR) is 135 cm³/mol. The minimum Gasteiger partial charge on any atom is -0.487 e. The van der Waals surface area contributed by atoms with E-state index in [2.05, 4.69) is 11.8 Å². The number of hydrogen-bond acceptors (Lipinski definition) is 7. The van der Waals surface area contributed by atoms with Gasteiger partial charge in [-0.05, 0) is 49.4 Å². The van der Waals surface area contributed by atoms with Crippen molar-refractivity contribution in [3.8, 4) is 17.6 Å². The third-order valence-corrected chi connectivity index (χ3v) is 9.93. The van der Waals surface area contributed by atoms with E-state index in [0.29, 0.717) is 5.56 Å². The number of rotatable bonds is 7. The summed E-state index contributed by atoms with van der Waals surface area (Å²) in [7, 11) is -5.14. The molecule has 0 radical (unpaired) electrons. The number of aliphatic hydroxyl groups excluding tert-OH is 1. The topological polar surface area (TPSA) is 113 Å². The zero-order valence-corrected chi connectivity index (χ0v) is 22.7. The molecule has 0 unspecified atom stereocenters. The van der Waals surface area contributed by atoms with Crippen LogP contribution < -0.4 is 4.74 Å². The molecule has 1 N–H and O–H groups in total. The van der Waals surface area contributed by atoms with E-state index in [1.807, 2.05) is 0 Å². The van der Waals surface area contributed by atoms with E-state index >= 15 is 0 Å². The standard InChI is InChI=1S/C25H31FN2O7S2/c1-18-15-28(19(2)17-29)37(32,33)25-12-7-20(6-5-13-34-4)14-23(25)35-24(18)16-27(3)36(30,31)22-10-8-21(26)9-11-22/h7-12,14,18-19,24,29H,13,15-17H2,1-4H3/t18-,19+,24-/m0/s1. The van der Waals surface area contributed by atoms with Gasteiger partial charge in [0.05, 0.1) is 18.0 Å². The molecular formula is C25H31FN2O7S2. The van der Waals surface area contributed by atoms with Gasteiger partial charge in [-0.2, -0.15) is 8.61 Å². The van der Waals surface area contributed by atoms with Gasteiger partial charge < -0.3 is 14.6 Å². The summed E-state index contributed by atoms with van der Waals surface area (Å²) < 4.78 is 80.1. The Bertz CT molecular complexity index is 1370. The van der Waals surface area contributed by atoms with E-state index in [-0.39, 0.29) is 35.2 Å². The summed E-state index contributed by atoms with van der Waals surface area (Å²) in [4.78, 5) is -0.185. The summed E-state index contributed by atoms with van der Waals surface area (Å²) in [5.41, 5.74) is 0.493. The molecular weight excluding hydrogens is 523 g/mol. The van der Waals surface area contributed by atoms with Crippen molar-refractivity contribution in [2.45, 2.75) is 35.8 Å². The van der Waals surface area contributed by atoms with Crippen molar-refractivity contribution < 1.29 is 35.8 Å². The summed E-state index contributed by atoms with van der Waals surface area (Å²) in [5.74, 6) is 4.69. The van der Waals surface area contributed by atoms with Gasteiger partial charge in [-0.15, -0.1) is 0 Å². The lowest BCUT2D eigenvalue weighted by Gasteiger charge is -2.37. The number of halogens is 1. The Morgan fingerprint density at radius 3 is 2.57 bits per heavy atom. The third kappa shape index (κ3) is 6.49. The highest BCUT2D eigenvalue weighted by atomic mass is 32.2. The number of benzene rings is 2. The molecule has 1 aliphatic rings. The van der Waals surface area contributed by atoms with Crippen molar-refractivity contribution in [1.29, 1.82) is 0 Å². The maximum Gasteiger partial charge on any atom is 0.247 e. The fourth-order valence-electron chi connectivity index (χ4n) is 3.87. The maximum absolute atomic E-state index is 13.5. The second kappa shape index (κ2) is 11.9.